The summed E-state index contributed by atoms with van der Waals surface area (Å²) in [6.07, 6.45) is 6.61. The first-order valence-corrected chi connectivity index (χ1v) is 6.91. The zero-order valence-corrected chi connectivity index (χ0v) is 11.0. The van der Waals surface area contributed by atoms with Crippen LogP contribution < -0.4 is 5.32 Å². The third kappa shape index (κ3) is 2.14. The molecule has 3 rings (SSSR count). The second kappa shape index (κ2) is 4.72. The van der Waals surface area contributed by atoms with Crippen LogP contribution >= 0.6 is 12.2 Å². The summed E-state index contributed by atoms with van der Waals surface area (Å²) >= 11 is 5.01. The number of allylic oxidation sites excluding steroid dienone is 2. The van der Waals surface area contributed by atoms with Crippen LogP contribution in [0, 0.1) is 10.7 Å². The molecule has 18 heavy (non-hydrogen) atoms. The maximum atomic E-state index is 12.4. The van der Waals surface area contributed by atoms with Gasteiger partial charge in [-0.2, -0.15) is 0 Å². The van der Waals surface area contributed by atoms with E-state index in [1.807, 2.05) is 6.20 Å². The van der Waals surface area contributed by atoms with Crippen molar-refractivity contribution < 1.29 is 4.79 Å². The van der Waals surface area contributed by atoms with E-state index in [1.165, 1.54) is 5.70 Å². The molecule has 2 heterocycles. The van der Waals surface area contributed by atoms with Crippen LogP contribution in [0.4, 0.5) is 0 Å². The number of aromatic nitrogens is 2. The molecule has 0 fully saturated rings. The smallest absolute Gasteiger partial charge is 0.174 e. The topological polar surface area (TPSA) is 60.7 Å². The zero-order chi connectivity index (χ0) is 12.5. The molecule has 0 saturated heterocycles. The molecule has 1 aromatic heterocycles. The fourth-order valence-corrected chi connectivity index (χ4v) is 3.10. The molecule has 5 heteroatoms. The molecule has 0 radical (unpaired) electrons. The van der Waals surface area contributed by atoms with Gasteiger partial charge in [0.05, 0.1) is 0 Å². The van der Waals surface area contributed by atoms with E-state index in [-0.39, 0.29) is 5.92 Å². The van der Waals surface area contributed by atoms with E-state index in [1.54, 1.807) is 0 Å². The first-order chi connectivity index (χ1) is 8.74. The van der Waals surface area contributed by atoms with Gasteiger partial charge in [0.1, 0.15) is 0 Å². The Bertz CT molecular complexity index is 555. The number of carbonyl (C=O) groups excluding carboxylic acids is 1. The molecule has 1 unspecified atom stereocenters. The molecular formula is C13H17N3OS. The molecule has 1 aliphatic heterocycles. The minimum absolute atomic E-state index is 0.116. The quantitative estimate of drug-likeness (QED) is 0.717. The molecule has 1 atom stereocenters. The monoisotopic (exact) mass is 263 g/mol. The van der Waals surface area contributed by atoms with Crippen molar-refractivity contribution in [1.82, 2.24) is 15.3 Å². The lowest BCUT2D eigenvalue weighted by atomic mass is 9.80. The van der Waals surface area contributed by atoms with E-state index >= 15 is 0 Å². The van der Waals surface area contributed by atoms with E-state index in [4.69, 9.17) is 12.2 Å². The van der Waals surface area contributed by atoms with Gasteiger partial charge in [-0.05, 0) is 44.3 Å². The highest BCUT2D eigenvalue weighted by Crippen LogP contribution is 2.31. The molecule has 96 valence electrons. The largest absolute Gasteiger partial charge is 0.388 e. The molecule has 0 amide bonds. The van der Waals surface area contributed by atoms with E-state index in [0.29, 0.717) is 10.6 Å². The third-order valence-electron chi connectivity index (χ3n) is 3.84. The van der Waals surface area contributed by atoms with Crippen molar-refractivity contribution in [2.24, 2.45) is 5.92 Å². The fraction of sp³-hybridized carbons (Fsp3) is 0.538. The first-order valence-electron chi connectivity index (χ1n) is 6.50. The van der Waals surface area contributed by atoms with Crippen LogP contribution in [0.2, 0.25) is 0 Å². The van der Waals surface area contributed by atoms with Crippen molar-refractivity contribution in [3.63, 3.8) is 0 Å². The fourth-order valence-electron chi connectivity index (χ4n) is 2.91. The van der Waals surface area contributed by atoms with E-state index in [2.05, 4.69) is 15.3 Å². The molecular weight excluding hydrogens is 246 g/mol. The van der Waals surface area contributed by atoms with Crippen LogP contribution in [0.5, 0.6) is 0 Å². The van der Waals surface area contributed by atoms with Crippen molar-refractivity contribution in [2.45, 2.75) is 32.1 Å². The summed E-state index contributed by atoms with van der Waals surface area (Å²) in [5.41, 5.74) is 3.28. The Labute approximate surface area is 111 Å². The van der Waals surface area contributed by atoms with Crippen molar-refractivity contribution in [3.05, 3.63) is 27.9 Å². The summed E-state index contributed by atoms with van der Waals surface area (Å²) in [4.78, 5) is 18.5. The maximum Gasteiger partial charge on any atom is 0.174 e. The highest BCUT2D eigenvalue weighted by molar-refractivity contribution is 7.71. The van der Waals surface area contributed by atoms with Crippen molar-refractivity contribution in [1.29, 1.82) is 0 Å². The number of imidazole rings is 1. The number of hydrogen-bond donors (Lipinski definition) is 3. The Morgan fingerprint density at radius 1 is 1.39 bits per heavy atom. The lowest BCUT2D eigenvalue weighted by Gasteiger charge is -2.29. The van der Waals surface area contributed by atoms with Gasteiger partial charge < -0.3 is 15.3 Å². The molecule has 1 aliphatic carbocycles. The molecule has 0 bridgehead atoms. The summed E-state index contributed by atoms with van der Waals surface area (Å²) in [6.45, 7) is 1.02. The number of carbonyl (C=O) groups is 1. The van der Waals surface area contributed by atoms with Gasteiger partial charge in [-0.3, -0.25) is 4.79 Å². The number of ketones is 1. The molecule has 3 N–H and O–H groups in total. The standard InChI is InChI=1S/C13H17N3OS/c17-12-8(6-9-7-15-13(18)16-9)3-4-11-10(12)2-1-5-14-11/h7-8,14H,1-6H2,(H2,15,16,18). The van der Waals surface area contributed by atoms with Gasteiger partial charge in [-0.1, -0.05) is 0 Å². The highest BCUT2D eigenvalue weighted by atomic mass is 32.1. The Morgan fingerprint density at radius 3 is 3.06 bits per heavy atom. The maximum absolute atomic E-state index is 12.4. The molecule has 4 nitrogen and oxygen atoms in total. The van der Waals surface area contributed by atoms with Crippen molar-refractivity contribution in [3.8, 4) is 0 Å². The van der Waals surface area contributed by atoms with Crippen LogP contribution in [0.15, 0.2) is 17.5 Å². The van der Waals surface area contributed by atoms with Gasteiger partial charge in [0, 0.05) is 35.6 Å². The molecule has 2 aliphatic rings. The Morgan fingerprint density at radius 2 is 2.28 bits per heavy atom. The minimum Gasteiger partial charge on any atom is -0.388 e. The number of nitrogens with one attached hydrogen (secondary N) is 3. The number of hydrogen-bond acceptors (Lipinski definition) is 3. The van der Waals surface area contributed by atoms with Gasteiger partial charge in [0.15, 0.2) is 10.6 Å². The molecule has 0 spiro atoms. The van der Waals surface area contributed by atoms with Gasteiger partial charge in [0.2, 0.25) is 0 Å². The van der Waals surface area contributed by atoms with Crippen LogP contribution in [0.3, 0.4) is 0 Å². The summed E-state index contributed by atoms with van der Waals surface area (Å²) < 4.78 is 0.632. The van der Waals surface area contributed by atoms with Crippen LogP contribution in [-0.2, 0) is 11.2 Å². The van der Waals surface area contributed by atoms with Gasteiger partial charge in [-0.25, -0.2) is 0 Å². The van der Waals surface area contributed by atoms with Crippen LogP contribution in [-0.4, -0.2) is 22.3 Å². The van der Waals surface area contributed by atoms with Gasteiger partial charge in [-0.15, -0.1) is 0 Å². The number of Topliss-reactive ketones (excluding diaryl/α,β-unsaturated/α-hetero) is 1. The summed E-state index contributed by atoms with van der Waals surface area (Å²) in [6, 6.07) is 0. The minimum atomic E-state index is 0.116. The number of rotatable bonds is 2. The van der Waals surface area contributed by atoms with Crippen molar-refractivity contribution in [2.75, 3.05) is 6.54 Å². The third-order valence-corrected chi connectivity index (χ3v) is 4.06. The Hall–Kier alpha value is -1.36. The van der Waals surface area contributed by atoms with E-state index < -0.39 is 0 Å². The zero-order valence-electron chi connectivity index (χ0n) is 10.2. The summed E-state index contributed by atoms with van der Waals surface area (Å²) in [7, 11) is 0. The second-order valence-electron chi connectivity index (χ2n) is 5.06. The lowest BCUT2D eigenvalue weighted by molar-refractivity contribution is -0.120. The summed E-state index contributed by atoms with van der Waals surface area (Å²) in [5.74, 6) is 0.453. The Kier molecular flexibility index (Phi) is 3.07. The van der Waals surface area contributed by atoms with Crippen molar-refractivity contribution >= 4 is 18.0 Å². The average Bonchev–Trinajstić information content (AvgIpc) is 2.79. The molecule has 0 saturated carbocycles. The van der Waals surface area contributed by atoms with E-state index in [9.17, 15) is 4.79 Å². The molecule has 1 aromatic rings. The number of H-pyrrole nitrogens is 2. The second-order valence-corrected chi connectivity index (χ2v) is 5.47. The summed E-state index contributed by atoms with van der Waals surface area (Å²) in [5, 5.41) is 3.37. The SMILES string of the molecule is O=C1C2=C(CCC1Cc1c[nH]c(=S)[nH]1)NCCC2. The first kappa shape index (κ1) is 11.7. The normalized spacial score (nSPS) is 23.8. The van der Waals surface area contributed by atoms with Crippen LogP contribution in [0.1, 0.15) is 31.4 Å². The van der Waals surface area contributed by atoms with Gasteiger partial charge in [0.25, 0.3) is 0 Å². The van der Waals surface area contributed by atoms with Gasteiger partial charge >= 0.3 is 0 Å². The predicted octanol–water partition coefficient (Wildman–Crippen LogP) is 2.23. The number of aromatic amines is 2. The van der Waals surface area contributed by atoms with Crippen LogP contribution in [0.25, 0.3) is 0 Å². The molecule has 0 aromatic carbocycles. The average molecular weight is 263 g/mol. The highest BCUT2D eigenvalue weighted by Gasteiger charge is 2.30. The predicted molar refractivity (Wildman–Crippen MR) is 71.7 cm³/mol. The Balaban J connectivity index is 1.77. The lowest BCUT2D eigenvalue weighted by Crippen LogP contribution is -2.33. The van der Waals surface area contributed by atoms with E-state index in [0.717, 1.165) is 49.9 Å².